The van der Waals surface area contributed by atoms with Gasteiger partial charge in [-0.15, -0.1) is 0 Å². The van der Waals surface area contributed by atoms with Gasteiger partial charge in [0.15, 0.2) is 5.43 Å². The Morgan fingerprint density at radius 1 is 1.15 bits per heavy atom. The number of carbonyl (C=O) groups excluding carboxylic acids is 1. The molecule has 2 saturated heterocycles. The smallest absolute Gasteiger partial charge is 0.243 e. The Morgan fingerprint density at radius 2 is 1.88 bits per heavy atom. The van der Waals surface area contributed by atoms with Gasteiger partial charge in [-0.25, -0.2) is 0 Å². The van der Waals surface area contributed by atoms with Crippen molar-refractivity contribution < 1.29 is 9.53 Å². The minimum Gasteiger partial charge on any atom is -0.497 e. The topological polar surface area (TPSA) is 63.6 Å². The number of pyridine rings is 1. The lowest BCUT2D eigenvalue weighted by atomic mass is 9.89. The maximum absolute atomic E-state index is 13.0. The van der Waals surface area contributed by atoms with Gasteiger partial charge in [0, 0.05) is 50.1 Å². The summed E-state index contributed by atoms with van der Waals surface area (Å²) in [5.74, 6) is 1.82. The molecule has 0 saturated carbocycles. The van der Waals surface area contributed by atoms with Crippen LogP contribution in [0, 0.1) is 11.8 Å². The number of ether oxygens (including phenoxy) is 1. The first-order valence-corrected chi connectivity index (χ1v) is 8.96. The summed E-state index contributed by atoms with van der Waals surface area (Å²) in [5, 5.41) is 3.46. The lowest BCUT2D eigenvalue weighted by Crippen LogP contribution is -2.36. The van der Waals surface area contributed by atoms with Crippen LogP contribution in [0.1, 0.15) is 11.6 Å². The number of benzene rings is 1. The van der Waals surface area contributed by atoms with Crippen LogP contribution in [0.2, 0.25) is 0 Å². The first-order chi connectivity index (χ1) is 12.7. The lowest BCUT2D eigenvalue weighted by molar-refractivity contribution is -0.133. The van der Waals surface area contributed by atoms with Crippen molar-refractivity contribution in [3.63, 3.8) is 0 Å². The molecular weight excluding hydrogens is 330 g/mol. The van der Waals surface area contributed by atoms with Gasteiger partial charge in [-0.05, 0) is 23.6 Å². The van der Waals surface area contributed by atoms with Gasteiger partial charge in [0.25, 0.3) is 0 Å². The molecule has 2 aromatic rings. The van der Waals surface area contributed by atoms with Crippen LogP contribution in [0.4, 0.5) is 0 Å². The number of nitrogens with one attached hydrogen (secondary N) is 1. The summed E-state index contributed by atoms with van der Waals surface area (Å²) in [5.41, 5.74) is 1.10. The minimum absolute atomic E-state index is 0.0495. The molecule has 0 bridgehead atoms. The number of hydrogen-bond acceptors (Lipinski definition) is 4. The molecule has 136 valence electrons. The van der Waals surface area contributed by atoms with Gasteiger partial charge in [-0.2, -0.15) is 0 Å². The molecule has 6 nitrogen and oxygen atoms in total. The Bertz CT molecular complexity index is 826. The van der Waals surface area contributed by atoms with Crippen molar-refractivity contribution in [3.05, 3.63) is 64.6 Å². The highest BCUT2D eigenvalue weighted by Crippen LogP contribution is 2.43. The molecule has 1 N–H and O–H groups in total. The van der Waals surface area contributed by atoms with Crippen LogP contribution in [0.5, 0.6) is 5.75 Å². The maximum Gasteiger partial charge on any atom is 0.243 e. The molecule has 0 radical (unpaired) electrons. The fourth-order valence-electron chi connectivity index (χ4n) is 4.20. The fourth-order valence-corrected chi connectivity index (χ4v) is 4.20. The summed E-state index contributed by atoms with van der Waals surface area (Å²) in [7, 11) is 1.65. The zero-order chi connectivity index (χ0) is 18.1. The summed E-state index contributed by atoms with van der Waals surface area (Å²) in [6, 6.07) is 11.1. The van der Waals surface area contributed by atoms with Crippen molar-refractivity contribution in [2.45, 2.75) is 12.6 Å². The highest BCUT2D eigenvalue weighted by atomic mass is 16.5. The van der Waals surface area contributed by atoms with Gasteiger partial charge in [0.2, 0.25) is 5.91 Å². The van der Waals surface area contributed by atoms with E-state index in [9.17, 15) is 9.59 Å². The average molecular weight is 353 g/mol. The number of likely N-dealkylation sites (tertiary alicyclic amines) is 1. The SMILES string of the molecule is COc1ccc([C@@H]2[C@H]3CNC[C@H]3CN2C(=O)Cn2ccc(=O)cc2)cc1. The van der Waals surface area contributed by atoms with Crippen LogP contribution >= 0.6 is 0 Å². The molecular formula is C20H23N3O3. The van der Waals surface area contributed by atoms with Crippen molar-refractivity contribution in [1.29, 1.82) is 0 Å². The molecule has 3 atom stereocenters. The quantitative estimate of drug-likeness (QED) is 0.899. The number of nitrogens with zero attached hydrogens (tertiary/aromatic N) is 2. The highest BCUT2D eigenvalue weighted by molar-refractivity contribution is 5.77. The number of carbonyl (C=O) groups is 1. The molecule has 0 spiro atoms. The molecule has 1 amide bonds. The number of aromatic nitrogens is 1. The number of rotatable bonds is 4. The van der Waals surface area contributed by atoms with Gasteiger partial charge in [0.1, 0.15) is 12.3 Å². The predicted molar refractivity (Wildman–Crippen MR) is 98.0 cm³/mol. The van der Waals surface area contributed by atoms with Crippen molar-refractivity contribution >= 4 is 5.91 Å². The summed E-state index contributed by atoms with van der Waals surface area (Å²) >= 11 is 0. The van der Waals surface area contributed by atoms with Crippen molar-refractivity contribution in [3.8, 4) is 5.75 Å². The Hall–Kier alpha value is -2.60. The molecule has 6 heteroatoms. The largest absolute Gasteiger partial charge is 0.497 e. The maximum atomic E-state index is 13.0. The molecule has 1 aromatic heterocycles. The molecule has 0 unspecified atom stereocenters. The fraction of sp³-hybridized carbons (Fsp3) is 0.400. The molecule has 2 fully saturated rings. The van der Waals surface area contributed by atoms with Crippen LogP contribution in [-0.2, 0) is 11.3 Å². The lowest BCUT2D eigenvalue weighted by Gasteiger charge is -2.29. The summed E-state index contributed by atoms with van der Waals surface area (Å²) in [6.07, 6.45) is 3.34. The van der Waals surface area contributed by atoms with Gasteiger partial charge in [-0.1, -0.05) is 12.1 Å². The molecule has 2 aliphatic heterocycles. The molecule has 3 heterocycles. The van der Waals surface area contributed by atoms with Gasteiger partial charge in [-0.3, -0.25) is 9.59 Å². The third kappa shape index (κ3) is 3.12. The zero-order valence-electron chi connectivity index (χ0n) is 14.8. The van der Waals surface area contributed by atoms with E-state index in [1.54, 1.807) is 24.1 Å². The number of hydrogen-bond donors (Lipinski definition) is 1. The van der Waals surface area contributed by atoms with Crippen LogP contribution in [-0.4, -0.2) is 42.1 Å². The second-order valence-electron chi connectivity index (χ2n) is 7.05. The van der Waals surface area contributed by atoms with E-state index in [2.05, 4.69) is 17.4 Å². The molecule has 2 aliphatic rings. The average Bonchev–Trinajstić information content (AvgIpc) is 3.25. The molecule has 26 heavy (non-hydrogen) atoms. The molecule has 1 aromatic carbocycles. The van der Waals surface area contributed by atoms with Crippen molar-refractivity contribution in [2.75, 3.05) is 26.7 Å². The third-order valence-electron chi connectivity index (χ3n) is 5.52. The van der Waals surface area contributed by atoms with E-state index in [0.717, 1.165) is 30.9 Å². The van der Waals surface area contributed by atoms with Gasteiger partial charge in [0.05, 0.1) is 13.2 Å². The van der Waals surface area contributed by atoms with E-state index in [1.807, 2.05) is 17.0 Å². The second kappa shape index (κ2) is 6.96. The van der Waals surface area contributed by atoms with E-state index < -0.39 is 0 Å². The first kappa shape index (κ1) is 16.8. The van der Waals surface area contributed by atoms with Gasteiger partial charge >= 0.3 is 0 Å². The van der Waals surface area contributed by atoms with E-state index in [1.165, 1.54) is 12.1 Å². The second-order valence-corrected chi connectivity index (χ2v) is 7.05. The zero-order valence-corrected chi connectivity index (χ0v) is 14.8. The monoisotopic (exact) mass is 353 g/mol. The van der Waals surface area contributed by atoms with E-state index >= 15 is 0 Å². The Labute approximate surface area is 152 Å². The Morgan fingerprint density at radius 3 is 2.58 bits per heavy atom. The van der Waals surface area contributed by atoms with Crippen LogP contribution in [0.15, 0.2) is 53.6 Å². The van der Waals surface area contributed by atoms with Crippen LogP contribution in [0.3, 0.4) is 0 Å². The van der Waals surface area contributed by atoms with E-state index in [0.29, 0.717) is 11.8 Å². The molecule has 0 aliphatic carbocycles. The summed E-state index contributed by atoms with van der Waals surface area (Å²) < 4.78 is 7.02. The third-order valence-corrected chi connectivity index (χ3v) is 5.52. The van der Waals surface area contributed by atoms with E-state index in [4.69, 9.17) is 4.74 Å². The number of methoxy groups -OCH3 is 1. The number of fused-ring (bicyclic) bond motifs is 1. The summed E-state index contributed by atoms with van der Waals surface area (Å²) in [6.45, 7) is 2.91. The van der Waals surface area contributed by atoms with Crippen molar-refractivity contribution in [1.82, 2.24) is 14.8 Å². The molecule has 4 rings (SSSR count). The van der Waals surface area contributed by atoms with Crippen molar-refractivity contribution in [2.24, 2.45) is 11.8 Å². The predicted octanol–water partition coefficient (Wildman–Crippen LogP) is 1.28. The first-order valence-electron chi connectivity index (χ1n) is 8.96. The van der Waals surface area contributed by atoms with E-state index in [-0.39, 0.29) is 23.9 Å². The normalized spacial score (nSPS) is 24.5. The summed E-state index contributed by atoms with van der Waals surface area (Å²) in [4.78, 5) is 26.3. The number of amides is 1. The highest BCUT2D eigenvalue weighted by Gasteiger charge is 2.46. The van der Waals surface area contributed by atoms with Crippen LogP contribution < -0.4 is 15.5 Å². The standard InChI is InChI=1S/C20H23N3O3/c1-26-17-4-2-14(3-5-17)20-18-11-21-10-15(18)12-23(20)19(25)13-22-8-6-16(24)7-9-22/h2-9,15,18,20-21H,10-13H2,1H3/t15-,18-,20+/m0/s1. The van der Waals surface area contributed by atoms with Crippen LogP contribution in [0.25, 0.3) is 0 Å². The van der Waals surface area contributed by atoms with Gasteiger partial charge < -0.3 is 19.5 Å². The Balaban J connectivity index is 1.59. The Kier molecular flexibility index (Phi) is 4.51. The minimum atomic E-state index is -0.0495.